The fourth-order valence-corrected chi connectivity index (χ4v) is 5.27. The molecule has 1 aromatic heterocycles. The summed E-state index contributed by atoms with van der Waals surface area (Å²) in [6.45, 7) is 7.83. The molecule has 0 saturated carbocycles. The van der Waals surface area contributed by atoms with Crippen LogP contribution in [-0.4, -0.2) is 58.1 Å². The molecular weight excluding hydrogens is 572 g/mol. The highest BCUT2D eigenvalue weighted by molar-refractivity contribution is 5.92. The molecule has 0 bridgehead atoms. The Hall–Kier alpha value is -4.18. The van der Waals surface area contributed by atoms with Crippen LogP contribution in [0, 0.1) is 11.8 Å². The Morgan fingerprint density at radius 2 is 1.60 bits per heavy atom. The van der Waals surface area contributed by atoms with Crippen molar-refractivity contribution in [3.8, 4) is 0 Å². The van der Waals surface area contributed by atoms with E-state index in [0.29, 0.717) is 6.42 Å². The first kappa shape index (κ1) is 35.3. The molecule has 0 unspecified atom stereocenters. The lowest BCUT2D eigenvalue weighted by molar-refractivity contribution is -0.156. The molecule has 0 aliphatic rings. The Balaban J connectivity index is 1.83. The number of H-pyrrole nitrogens is 1. The first-order valence-corrected chi connectivity index (χ1v) is 15.9. The monoisotopic (exact) mass is 620 g/mol. The zero-order valence-electron chi connectivity index (χ0n) is 26.8. The predicted octanol–water partition coefficient (Wildman–Crippen LogP) is 4.51. The molecule has 0 fully saturated rings. The summed E-state index contributed by atoms with van der Waals surface area (Å²) in [5.41, 5.74) is 8.56. The lowest BCUT2D eigenvalue weighted by atomic mass is 9.94. The molecule has 0 radical (unpaired) electrons. The van der Waals surface area contributed by atoms with E-state index in [1.54, 1.807) is 30.5 Å². The van der Waals surface area contributed by atoms with Crippen LogP contribution in [0.25, 0.3) is 10.9 Å². The number of carbonyl (C=O) groups is 4. The van der Waals surface area contributed by atoms with E-state index in [0.717, 1.165) is 41.3 Å². The van der Waals surface area contributed by atoms with Gasteiger partial charge in [-0.3, -0.25) is 14.4 Å². The number of carboxylic acid groups (broad SMARTS) is 1. The number of nitrogens with one attached hydrogen (secondary N) is 3. The SMILES string of the molecule is CCCC[C@@H](C)[C@@H](CC(=O)N[C@@H](Cc1c[nH]c2ccccc12)C(=O)N[C@@H](Cc1ccccc1)C(=O)O)OC(=O)[C@H](N)[C@@H](C)CC. The average Bonchev–Trinajstić information content (AvgIpc) is 3.44. The molecule has 1 heterocycles. The van der Waals surface area contributed by atoms with Gasteiger partial charge in [-0.05, 0) is 35.4 Å². The van der Waals surface area contributed by atoms with Crippen LogP contribution in [0.1, 0.15) is 70.9 Å². The number of ether oxygens (including phenoxy) is 1. The molecule has 0 aliphatic heterocycles. The standard InChI is InChI=1S/C35H48N4O6/c1-5-7-13-23(4)30(45-35(44)32(36)22(3)6-2)20-31(40)38-28(19-25-21-37-27-17-12-11-16-26(25)27)33(41)39-29(34(42)43)18-24-14-9-8-10-15-24/h8-12,14-17,21-23,28-30,32,37H,5-7,13,18-20,36H2,1-4H3,(H,38,40)(H,39,41)(H,42,43)/t22-,23+,28-,29-,30+,32+/m0/s1. The summed E-state index contributed by atoms with van der Waals surface area (Å²) in [6.07, 6.45) is 4.39. The molecule has 3 rings (SSSR count). The first-order valence-electron chi connectivity index (χ1n) is 15.9. The number of benzene rings is 2. The number of esters is 1. The van der Waals surface area contributed by atoms with E-state index in [9.17, 15) is 24.3 Å². The summed E-state index contributed by atoms with van der Waals surface area (Å²) in [7, 11) is 0. The highest BCUT2D eigenvalue weighted by atomic mass is 16.5. The minimum Gasteiger partial charge on any atom is -0.480 e. The van der Waals surface area contributed by atoms with E-state index in [4.69, 9.17) is 10.5 Å². The summed E-state index contributed by atoms with van der Waals surface area (Å²) in [4.78, 5) is 55.5. The van der Waals surface area contributed by atoms with Crippen molar-refractivity contribution in [1.82, 2.24) is 15.6 Å². The van der Waals surface area contributed by atoms with Gasteiger partial charge in [0.15, 0.2) is 0 Å². The van der Waals surface area contributed by atoms with Crippen molar-refractivity contribution in [3.05, 3.63) is 71.9 Å². The quantitative estimate of drug-likeness (QED) is 0.131. The van der Waals surface area contributed by atoms with Gasteiger partial charge in [0.1, 0.15) is 24.2 Å². The van der Waals surface area contributed by atoms with Gasteiger partial charge in [0, 0.05) is 29.9 Å². The van der Waals surface area contributed by atoms with Crippen molar-refractivity contribution in [3.63, 3.8) is 0 Å². The molecule has 0 aliphatic carbocycles. The third-order valence-electron chi connectivity index (χ3n) is 8.48. The van der Waals surface area contributed by atoms with Crippen molar-refractivity contribution in [2.75, 3.05) is 0 Å². The molecule has 6 atom stereocenters. The lowest BCUT2D eigenvalue weighted by Crippen LogP contribution is -2.53. The van der Waals surface area contributed by atoms with Gasteiger partial charge < -0.3 is 31.2 Å². The molecule has 10 nitrogen and oxygen atoms in total. The molecule has 6 N–H and O–H groups in total. The van der Waals surface area contributed by atoms with E-state index in [1.165, 1.54) is 0 Å². The normalized spacial score (nSPS) is 15.3. The molecule has 10 heteroatoms. The number of carbonyl (C=O) groups excluding carboxylic acids is 3. The van der Waals surface area contributed by atoms with Crippen molar-refractivity contribution in [1.29, 1.82) is 0 Å². The molecule has 3 aromatic rings. The molecule has 0 spiro atoms. The number of hydrogen-bond donors (Lipinski definition) is 5. The summed E-state index contributed by atoms with van der Waals surface area (Å²) in [5.74, 6) is -3.04. The Labute approximate surface area is 265 Å². The maximum absolute atomic E-state index is 13.7. The largest absolute Gasteiger partial charge is 0.480 e. The summed E-state index contributed by atoms with van der Waals surface area (Å²) in [6, 6.07) is 13.5. The summed E-state index contributed by atoms with van der Waals surface area (Å²) < 4.78 is 5.82. The van der Waals surface area contributed by atoms with Crippen molar-refractivity contribution in [2.24, 2.45) is 17.6 Å². The van der Waals surface area contributed by atoms with Gasteiger partial charge in [0.2, 0.25) is 11.8 Å². The second-order valence-electron chi connectivity index (χ2n) is 12.0. The van der Waals surface area contributed by atoms with E-state index in [2.05, 4.69) is 22.5 Å². The number of rotatable bonds is 18. The average molecular weight is 621 g/mol. The van der Waals surface area contributed by atoms with E-state index < -0.39 is 48.0 Å². The number of carboxylic acids is 1. The Morgan fingerprint density at radius 3 is 2.27 bits per heavy atom. The molecular formula is C35H48N4O6. The van der Waals surface area contributed by atoms with Crippen molar-refractivity contribution >= 4 is 34.7 Å². The predicted molar refractivity (Wildman–Crippen MR) is 174 cm³/mol. The van der Waals surface area contributed by atoms with Crippen LogP contribution in [0.5, 0.6) is 0 Å². The molecule has 2 aromatic carbocycles. The maximum Gasteiger partial charge on any atom is 0.326 e. The zero-order valence-corrected chi connectivity index (χ0v) is 26.8. The van der Waals surface area contributed by atoms with Crippen LogP contribution in [0.3, 0.4) is 0 Å². The second kappa shape index (κ2) is 17.3. The smallest absolute Gasteiger partial charge is 0.326 e. The Bertz CT molecular complexity index is 1410. The topological polar surface area (TPSA) is 164 Å². The third-order valence-corrected chi connectivity index (χ3v) is 8.48. The van der Waals surface area contributed by atoms with Crippen LogP contribution in [0.4, 0.5) is 0 Å². The van der Waals surface area contributed by atoms with Gasteiger partial charge in [-0.1, -0.05) is 95.5 Å². The van der Waals surface area contributed by atoms with Crippen molar-refractivity contribution in [2.45, 2.75) is 96.9 Å². The number of para-hydroxylation sites is 1. The van der Waals surface area contributed by atoms with E-state index in [1.807, 2.05) is 51.1 Å². The number of hydrogen-bond acceptors (Lipinski definition) is 6. The number of nitrogens with two attached hydrogens (primary N) is 1. The minimum atomic E-state index is -1.20. The van der Waals surface area contributed by atoms with Crippen molar-refractivity contribution < 1.29 is 29.0 Å². The molecule has 244 valence electrons. The van der Waals surface area contributed by atoms with Gasteiger partial charge >= 0.3 is 11.9 Å². The van der Waals surface area contributed by atoms with Gasteiger partial charge in [-0.2, -0.15) is 0 Å². The highest BCUT2D eigenvalue weighted by Crippen LogP contribution is 2.22. The summed E-state index contributed by atoms with van der Waals surface area (Å²) >= 11 is 0. The minimum absolute atomic E-state index is 0.0824. The second-order valence-corrected chi connectivity index (χ2v) is 12.0. The van der Waals surface area contributed by atoms with Gasteiger partial charge in [-0.15, -0.1) is 0 Å². The fraction of sp³-hybridized carbons (Fsp3) is 0.486. The number of aromatic amines is 1. The van der Waals surface area contributed by atoms with Gasteiger partial charge in [0.05, 0.1) is 6.42 Å². The number of aromatic nitrogens is 1. The zero-order chi connectivity index (χ0) is 32.9. The van der Waals surface area contributed by atoms with Crippen LogP contribution in [0.15, 0.2) is 60.8 Å². The molecule has 45 heavy (non-hydrogen) atoms. The summed E-state index contributed by atoms with van der Waals surface area (Å²) in [5, 5.41) is 16.3. The maximum atomic E-state index is 13.7. The highest BCUT2D eigenvalue weighted by Gasteiger charge is 2.32. The Morgan fingerprint density at radius 1 is 0.911 bits per heavy atom. The lowest BCUT2D eigenvalue weighted by Gasteiger charge is -2.27. The van der Waals surface area contributed by atoms with Crippen LogP contribution in [0.2, 0.25) is 0 Å². The van der Waals surface area contributed by atoms with E-state index in [-0.39, 0.29) is 31.1 Å². The number of aliphatic carboxylic acids is 1. The molecule has 0 saturated heterocycles. The first-order chi connectivity index (χ1) is 21.5. The molecule has 2 amide bonds. The number of fused-ring (bicyclic) bond motifs is 1. The van der Waals surface area contributed by atoms with Gasteiger partial charge in [-0.25, -0.2) is 4.79 Å². The van der Waals surface area contributed by atoms with Crippen LogP contribution < -0.4 is 16.4 Å². The van der Waals surface area contributed by atoms with Gasteiger partial charge in [0.25, 0.3) is 0 Å². The fourth-order valence-electron chi connectivity index (χ4n) is 5.27. The number of unbranched alkanes of at least 4 members (excludes halogenated alkanes) is 1. The number of amides is 2. The van der Waals surface area contributed by atoms with Crippen LogP contribution in [-0.2, 0) is 36.8 Å². The third kappa shape index (κ3) is 10.5. The van der Waals surface area contributed by atoms with E-state index >= 15 is 0 Å². The van der Waals surface area contributed by atoms with Crippen LogP contribution >= 0.6 is 0 Å². The Kier molecular flexibility index (Phi) is 13.6.